The van der Waals surface area contributed by atoms with Crippen LogP contribution >= 0.6 is 0 Å². The lowest BCUT2D eigenvalue weighted by Gasteiger charge is -2.15. The summed E-state index contributed by atoms with van der Waals surface area (Å²) in [7, 11) is 0. The van der Waals surface area contributed by atoms with Crippen molar-refractivity contribution in [2.45, 2.75) is 26.2 Å². The van der Waals surface area contributed by atoms with Gasteiger partial charge in [0.05, 0.1) is 0 Å². The quantitative estimate of drug-likeness (QED) is 0.166. The zero-order chi connectivity index (χ0) is 28.3. The highest BCUT2D eigenvalue weighted by Gasteiger charge is 2.13. The summed E-state index contributed by atoms with van der Waals surface area (Å²) >= 11 is 0. The lowest BCUT2D eigenvalue weighted by Crippen LogP contribution is -2.01. The predicted molar refractivity (Wildman–Crippen MR) is 161 cm³/mol. The maximum atomic E-state index is 10.9. The van der Waals surface area contributed by atoms with Crippen molar-refractivity contribution in [3.8, 4) is 28.7 Å². The van der Waals surface area contributed by atoms with Crippen LogP contribution in [-0.2, 0) is 26.2 Å². The van der Waals surface area contributed by atoms with E-state index in [4.69, 9.17) is 14.2 Å². The first-order valence-electron chi connectivity index (χ1n) is 13.5. The van der Waals surface area contributed by atoms with Gasteiger partial charge in [0.25, 0.3) is 0 Å². The molecule has 41 heavy (non-hydrogen) atoms. The van der Waals surface area contributed by atoms with Gasteiger partial charge in [-0.25, -0.2) is 0 Å². The number of ether oxygens (including phenoxy) is 3. The standard InChI is InChI=1S/C36H32O5/c37-33-22-31(39-24-28-11-4-1-5-12-28)23-36(41-26-30-15-8-3-9-16-30)32(33)18-10-17-27-19-20-35(34(38)21-27)40-25-29-13-6-2-7-14-29/h1-17,19-23,37-38H,18,24-26H2/b17-10+. The summed E-state index contributed by atoms with van der Waals surface area (Å²) in [6.07, 6.45) is 4.23. The third-order valence-electron chi connectivity index (χ3n) is 6.50. The van der Waals surface area contributed by atoms with Crippen LogP contribution in [0.5, 0.6) is 28.7 Å². The number of hydrogen-bond donors (Lipinski definition) is 2. The Bertz CT molecular complexity index is 1560. The topological polar surface area (TPSA) is 68.2 Å². The first-order chi connectivity index (χ1) is 20.1. The second-order valence-electron chi connectivity index (χ2n) is 9.58. The molecule has 0 amide bonds. The highest BCUT2D eigenvalue weighted by molar-refractivity contribution is 5.57. The van der Waals surface area contributed by atoms with E-state index in [2.05, 4.69) is 0 Å². The van der Waals surface area contributed by atoms with Crippen molar-refractivity contribution in [3.63, 3.8) is 0 Å². The van der Waals surface area contributed by atoms with E-state index < -0.39 is 0 Å². The lowest BCUT2D eigenvalue weighted by molar-refractivity contribution is 0.284. The van der Waals surface area contributed by atoms with Gasteiger partial charge in [-0.2, -0.15) is 0 Å². The van der Waals surface area contributed by atoms with Gasteiger partial charge < -0.3 is 24.4 Å². The van der Waals surface area contributed by atoms with E-state index in [1.165, 1.54) is 0 Å². The van der Waals surface area contributed by atoms with Crippen LogP contribution in [0.25, 0.3) is 6.08 Å². The van der Waals surface area contributed by atoms with Crippen molar-refractivity contribution in [1.29, 1.82) is 0 Å². The number of allylic oxidation sites excluding steroid dienone is 1. The summed E-state index contributed by atoms with van der Waals surface area (Å²) in [5, 5.41) is 21.4. The first kappa shape index (κ1) is 27.4. The van der Waals surface area contributed by atoms with Crippen LogP contribution in [-0.4, -0.2) is 10.2 Å². The fourth-order valence-electron chi connectivity index (χ4n) is 4.31. The molecule has 0 saturated carbocycles. The highest BCUT2D eigenvalue weighted by atomic mass is 16.5. The summed E-state index contributed by atoms with van der Waals surface area (Å²) < 4.78 is 17.9. The number of rotatable bonds is 12. The van der Waals surface area contributed by atoms with Crippen LogP contribution in [0.1, 0.15) is 27.8 Å². The van der Waals surface area contributed by atoms with Gasteiger partial charge in [-0.15, -0.1) is 0 Å². The van der Waals surface area contributed by atoms with E-state index in [1.807, 2.05) is 115 Å². The minimum absolute atomic E-state index is 0.0673. The molecule has 0 atom stereocenters. The SMILES string of the molecule is Oc1cc(/C=C/Cc2c(O)cc(OCc3ccccc3)cc2OCc2ccccc2)ccc1OCc1ccccc1. The van der Waals surface area contributed by atoms with Gasteiger partial charge in [-0.3, -0.25) is 0 Å². The molecule has 2 N–H and O–H groups in total. The van der Waals surface area contributed by atoms with Crippen LogP contribution in [0.3, 0.4) is 0 Å². The van der Waals surface area contributed by atoms with E-state index in [0.29, 0.717) is 49.1 Å². The summed E-state index contributed by atoms with van der Waals surface area (Å²) in [6.45, 7) is 1.11. The van der Waals surface area contributed by atoms with Crippen molar-refractivity contribution in [2.75, 3.05) is 0 Å². The highest BCUT2D eigenvalue weighted by Crippen LogP contribution is 2.35. The Hall–Kier alpha value is -5.16. The zero-order valence-corrected chi connectivity index (χ0v) is 22.6. The monoisotopic (exact) mass is 544 g/mol. The van der Waals surface area contributed by atoms with E-state index in [-0.39, 0.29) is 11.5 Å². The molecule has 5 aromatic carbocycles. The molecule has 0 aromatic heterocycles. The Morgan fingerprint density at radius 2 is 1.05 bits per heavy atom. The van der Waals surface area contributed by atoms with Crippen molar-refractivity contribution in [3.05, 3.63) is 155 Å². The summed E-state index contributed by atoms with van der Waals surface area (Å²) in [5.74, 6) is 1.66. The fraction of sp³-hybridized carbons (Fsp3) is 0.111. The summed E-state index contributed by atoms with van der Waals surface area (Å²) in [5.41, 5.74) is 4.54. The van der Waals surface area contributed by atoms with Gasteiger partial charge in [-0.1, -0.05) is 109 Å². The number of phenols is 2. The van der Waals surface area contributed by atoms with Crippen LogP contribution in [0, 0.1) is 0 Å². The molecule has 0 aliphatic carbocycles. The molecule has 0 fully saturated rings. The van der Waals surface area contributed by atoms with Crippen molar-refractivity contribution in [2.24, 2.45) is 0 Å². The fourth-order valence-corrected chi connectivity index (χ4v) is 4.31. The van der Waals surface area contributed by atoms with E-state index in [1.54, 1.807) is 18.2 Å². The van der Waals surface area contributed by atoms with Gasteiger partial charge in [0.2, 0.25) is 0 Å². The Morgan fingerprint density at radius 1 is 0.512 bits per heavy atom. The smallest absolute Gasteiger partial charge is 0.161 e. The molecule has 206 valence electrons. The Balaban J connectivity index is 1.28. The van der Waals surface area contributed by atoms with E-state index >= 15 is 0 Å². The predicted octanol–water partition coefficient (Wildman–Crippen LogP) is 8.09. The average Bonchev–Trinajstić information content (AvgIpc) is 3.01. The molecule has 0 unspecified atom stereocenters. The van der Waals surface area contributed by atoms with Crippen LogP contribution in [0.15, 0.2) is 127 Å². The van der Waals surface area contributed by atoms with Crippen LogP contribution in [0.2, 0.25) is 0 Å². The molecule has 0 bridgehead atoms. The van der Waals surface area contributed by atoms with Crippen molar-refractivity contribution in [1.82, 2.24) is 0 Å². The lowest BCUT2D eigenvalue weighted by atomic mass is 10.1. The molecule has 5 aromatic rings. The molecular weight excluding hydrogens is 512 g/mol. The molecule has 0 aliphatic rings. The minimum Gasteiger partial charge on any atom is -0.507 e. The molecule has 5 heteroatoms. The molecule has 5 nitrogen and oxygen atoms in total. The molecular formula is C36H32O5. The molecule has 0 spiro atoms. The molecule has 5 rings (SSSR count). The molecule has 0 heterocycles. The Labute approximate surface area is 240 Å². The maximum absolute atomic E-state index is 10.9. The Morgan fingerprint density at radius 3 is 1.61 bits per heavy atom. The zero-order valence-electron chi connectivity index (χ0n) is 22.6. The Kier molecular flexibility index (Phi) is 9.20. The third-order valence-corrected chi connectivity index (χ3v) is 6.50. The largest absolute Gasteiger partial charge is 0.507 e. The summed E-state index contributed by atoms with van der Waals surface area (Å²) in [6, 6.07) is 38.3. The molecule has 0 radical (unpaired) electrons. The van der Waals surface area contributed by atoms with Gasteiger partial charge in [0, 0.05) is 17.7 Å². The first-order valence-corrected chi connectivity index (χ1v) is 13.5. The molecule has 0 saturated heterocycles. The van der Waals surface area contributed by atoms with Crippen molar-refractivity contribution < 1.29 is 24.4 Å². The second kappa shape index (κ2) is 13.8. The van der Waals surface area contributed by atoms with Crippen LogP contribution in [0.4, 0.5) is 0 Å². The average molecular weight is 545 g/mol. The van der Waals surface area contributed by atoms with Gasteiger partial charge in [0.1, 0.15) is 37.1 Å². The van der Waals surface area contributed by atoms with Gasteiger partial charge >= 0.3 is 0 Å². The van der Waals surface area contributed by atoms with Gasteiger partial charge in [-0.05, 0) is 40.8 Å². The molecule has 0 aliphatic heterocycles. The number of benzene rings is 5. The number of aromatic hydroxyl groups is 2. The maximum Gasteiger partial charge on any atom is 0.161 e. The summed E-state index contributed by atoms with van der Waals surface area (Å²) in [4.78, 5) is 0. The van der Waals surface area contributed by atoms with E-state index in [0.717, 1.165) is 22.3 Å². The number of phenolic OH excluding ortho intramolecular Hbond substituents is 2. The van der Waals surface area contributed by atoms with Gasteiger partial charge in [0.15, 0.2) is 11.5 Å². The second-order valence-corrected chi connectivity index (χ2v) is 9.58. The number of hydrogen-bond acceptors (Lipinski definition) is 5. The normalized spacial score (nSPS) is 10.9. The van der Waals surface area contributed by atoms with Crippen LogP contribution < -0.4 is 14.2 Å². The minimum atomic E-state index is 0.0673. The van der Waals surface area contributed by atoms with Crippen molar-refractivity contribution >= 4 is 6.08 Å². The third kappa shape index (κ3) is 7.93. The van der Waals surface area contributed by atoms with E-state index in [9.17, 15) is 10.2 Å².